The zero-order chi connectivity index (χ0) is 23.6. The standard InChI is InChI=1S/C22H27N3O6/c1-21(2,3)30-19(28)24-18(23)25(20(29)31-22(4,5)6)16-12-14-10-8-7-9-13(14)11-15(16)17(26)27/h7-12H,1-6H3,(H,26,27)(H2,23,24,28). The van der Waals surface area contributed by atoms with Crippen molar-refractivity contribution in [1.82, 2.24) is 5.32 Å². The molecule has 0 bridgehead atoms. The maximum atomic E-state index is 13.0. The number of benzene rings is 2. The first-order valence-electron chi connectivity index (χ1n) is 9.56. The van der Waals surface area contributed by atoms with Gasteiger partial charge in [0.1, 0.15) is 11.2 Å². The van der Waals surface area contributed by atoms with Crippen LogP contribution in [0.2, 0.25) is 0 Å². The average Bonchev–Trinajstić information content (AvgIpc) is 2.57. The van der Waals surface area contributed by atoms with Gasteiger partial charge in [0.25, 0.3) is 0 Å². The second-order valence-corrected chi connectivity index (χ2v) is 8.81. The molecule has 2 aromatic carbocycles. The van der Waals surface area contributed by atoms with E-state index in [2.05, 4.69) is 5.32 Å². The van der Waals surface area contributed by atoms with Gasteiger partial charge < -0.3 is 14.6 Å². The number of guanidine groups is 1. The maximum Gasteiger partial charge on any atom is 0.421 e. The van der Waals surface area contributed by atoms with Crippen LogP contribution in [0.25, 0.3) is 10.8 Å². The van der Waals surface area contributed by atoms with E-state index in [0.29, 0.717) is 15.7 Å². The summed E-state index contributed by atoms with van der Waals surface area (Å²) in [5.74, 6) is -2.01. The summed E-state index contributed by atoms with van der Waals surface area (Å²) in [6, 6.07) is 9.83. The number of hydrogen-bond acceptors (Lipinski definition) is 6. The molecule has 0 saturated heterocycles. The van der Waals surface area contributed by atoms with Gasteiger partial charge in [0, 0.05) is 0 Å². The van der Waals surface area contributed by atoms with E-state index in [9.17, 15) is 19.5 Å². The van der Waals surface area contributed by atoms with Gasteiger partial charge in [-0.15, -0.1) is 0 Å². The lowest BCUT2D eigenvalue weighted by Crippen LogP contribution is -2.50. The van der Waals surface area contributed by atoms with E-state index in [0.717, 1.165) is 0 Å². The van der Waals surface area contributed by atoms with Crippen LogP contribution in [0.15, 0.2) is 36.4 Å². The highest BCUT2D eigenvalue weighted by atomic mass is 16.6. The first-order valence-corrected chi connectivity index (χ1v) is 9.56. The molecule has 31 heavy (non-hydrogen) atoms. The van der Waals surface area contributed by atoms with Crippen molar-refractivity contribution >= 4 is 40.6 Å². The van der Waals surface area contributed by atoms with Gasteiger partial charge in [-0.2, -0.15) is 0 Å². The Kier molecular flexibility index (Phi) is 6.58. The number of ether oxygens (including phenoxy) is 2. The number of amides is 2. The van der Waals surface area contributed by atoms with Gasteiger partial charge in [0.2, 0.25) is 5.96 Å². The van der Waals surface area contributed by atoms with Crippen LogP contribution >= 0.6 is 0 Å². The number of aromatic carboxylic acids is 1. The first kappa shape index (κ1) is 23.7. The van der Waals surface area contributed by atoms with Crippen LogP contribution in [-0.2, 0) is 9.47 Å². The van der Waals surface area contributed by atoms with E-state index in [4.69, 9.17) is 14.9 Å². The quantitative estimate of drug-likeness (QED) is 0.467. The normalized spacial score (nSPS) is 11.5. The van der Waals surface area contributed by atoms with Crippen LogP contribution in [0.4, 0.5) is 15.3 Å². The van der Waals surface area contributed by atoms with Crippen LogP contribution in [-0.4, -0.2) is 40.4 Å². The number of nitrogens with zero attached hydrogens (tertiary/aromatic N) is 1. The Morgan fingerprint density at radius 2 is 1.45 bits per heavy atom. The fraction of sp³-hybridized carbons (Fsp3) is 0.364. The maximum absolute atomic E-state index is 13.0. The zero-order valence-corrected chi connectivity index (χ0v) is 18.4. The molecule has 0 heterocycles. The van der Waals surface area contributed by atoms with E-state index in [1.165, 1.54) is 12.1 Å². The number of fused-ring (bicyclic) bond motifs is 1. The minimum Gasteiger partial charge on any atom is -0.478 e. The molecule has 0 fully saturated rings. The summed E-state index contributed by atoms with van der Waals surface area (Å²) in [5, 5.41) is 21.5. The Morgan fingerprint density at radius 1 is 0.935 bits per heavy atom. The van der Waals surface area contributed by atoms with Crippen molar-refractivity contribution < 1.29 is 29.0 Å². The minimum atomic E-state index is -1.31. The van der Waals surface area contributed by atoms with Crippen molar-refractivity contribution in [1.29, 1.82) is 5.41 Å². The van der Waals surface area contributed by atoms with Crippen LogP contribution < -0.4 is 10.2 Å². The lowest BCUT2D eigenvalue weighted by Gasteiger charge is -2.29. The van der Waals surface area contributed by atoms with Gasteiger partial charge in [0.05, 0.1) is 11.3 Å². The summed E-state index contributed by atoms with van der Waals surface area (Å²) in [5.41, 5.74) is -2.13. The summed E-state index contributed by atoms with van der Waals surface area (Å²) < 4.78 is 10.5. The van der Waals surface area contributed by atoms with Gasteiger partial charge >= 0.3 is 18.2 Å². The van der Waals surface area contributed by atoms with E-state index in [1.54, 1.807) is 65.8 Å². The highest BCUT2D eigenvalue weighted by molar-refractivity contribution is 6.19. The number of rotatable bonds is 2. The summed E-state index contributed by atoms with van der Waals surface area (Å²) in [6.07, 6.45) is -1.99. The molecule has 0 saturated carbocycles. The third-order valence-electron chi connectivity index (χ3n) is 3.75. The third kappa shape index (κ3) is 6.43. The van der Waals surface area contributed by atoms with Crippen molar-refractivity contribution in [3.8, 4) is 0 Å². The molecular formula is C22H27N3O6. The Labute approximate surface area is 180 Å². The Morgan fingerprint density at radius 3 is 1.94 bits per heavy atom. The average molecular weight is 429 g/mol. The molecule has 2 amide bonds. The third-order valence-corrected chi connectivity index (χ3v) is 3.75. The predicted molar refractivity (Wildman–Crippen MR) is 117 cm³/mol. The van der Waals surface area contributed by atoms with Gasteiger partial charge in [-0.1, -0.05) is 24.3 Å². The summed E-state index contributed by atoms with van der Waals surface area (Å²) in [4.78, 5) is 37.8. The molecule has 166 valence electrons. The SMILES string of the molecule is CC(C)(C)OC(=O)NC(=N)N(C(=O)OC(C)(C)C)c1cc2ccccc2cc1C(=O)O. The smallest absolute Gasteiger partial charge is 0.421 e. The molecule has 2 aromatic rings. The monoisotopic (exact) mass is 429 g/mol. The molecule has 9 nitrogen and oxygen atoms in total. The van der Waals surface area contributed by atoms with Gasteiger partial charge in [-0.3, -0.25) is 10.7 Å². The van der Waals surface area contributed by atoms with Gasteiger partial charge in [0.15, 0.2) is 0 Å². The molecule has 0 aliphatic rings. The number of alkyl carbamates (subject to hydrolysis) is 1. The number of carboxylic acids is 1. The molecule has 0 unspecified atom stereocenters. The molecule has 0 spiro atoms. The fourth-order valence-electron chi connectivity index (χ4n) is 2.66. The van der Waals surface area contributed by atoms with Crippen LogP contribution in [0.3, 0.4) is 0 Å². The molecular weight excluding hydrogens is 402 g/mol. The molecule has 3 N–H and O–H groups in total. The highest BCUT2D eigenvalue weighted by Crippen LogP contribution is 2.29. The van der Waals surface area contributed by atoms with Crippen molar-refractivity contribution in [3.63, 3.8) is 0 Å². The number of carbonyl (C=O) groups is 3. The Hall–Kier alpha value is -3.62. The molecule has 0 radical (unpaired) electrons. The van der Waals surface area contributed by atoms with Crippen molar-refractivity contribution in [2.75, 3.05) is 4.90 Å². The van der Waals surface area contributed by atoms with Crippen molar-refractivity contribution in [2.24, 2.45) is 0 Å². The topological polar surface area (TPSA) is 129 Å². The van der Waals surface area contributed by atoms with E-state index in [-0.39, 0.29) is 11.3 Å². The molecule has 0 aromatic heterocycles. The Balaban J connectivity index is 2.58. The van der Waals surface area contributed by atoms with Crippen molar-refractivity contribution in [2.45, 2.75) is 52.7 Å². The highest BCUT2D eigenvalue weighted by Gasteiger charge is 2.32. The zero-order valence-electron chi connectivity index (χ0n) is 18.4. The number of hydrogen-bond donors (Lipinski definition) is 3. The molecule has 9 heteroatoms. The molecule has 2 rings (SSSR count). The fourth-order valence-corrected chi connectivity index (χ4v) is 2.66. The number of anilines is 1. The molecule has 0 aliphatic heterocycles. The summed E-state index contributed by atoms with van der Waals surface area (Å²) >= 11 is 0. The lowest BCUT2D eigenvalue weighted by atomic mass is 10.0. The second kappa shape index (κ2) is 8.63. The minimum absolute atomic E-state index is 0.124. The van der Waals surface area contributed by atoms with E-state index in [1.807, 2.05) is 0 Å². The lowest BCUT2D eigenvalue weighted by molar-refractivity contribution is 0.0558. The van der Waals surface area contributed by atoms with E-state index >= 15 is 0 Å². The number of carboxylic acid groups (broad SMARTS) is 1. The van der Waals surface area contributed by atoms with Gasteiger partial charge in [-0.05, 0) is 64.4 Å². The van der Waals surface area contributed by atoms with Crippen molar-refractivity contribution in [3.05, 3.63) is 42.0 Å². The first-order chi connectivity index (χ1) is 14.2. The predicted octanol–water partition coefficient (Wildman–Crippen LogP) is 4.74. The van der Waals surface area contributed by atoms with Crippen LogP contribution in [0.1, 0.15) is 51.9 Å². The summed E-state index contributed by atoms with van der Waals surface area (Å²) in [6.45, 7) is 9.83. The van der Waals surface area contributed by atoms with Crippen LogP contribution in [0.5, 0.6) is 0 Å². The summed E-state index contributed by atoms with van der Waals surface area (Å²) in [7, 11) is 0. The number of carbonyl (C=O) groups excluding carboxylic acids is 2. The molecule has 0 atom stereocenters. The van der Waals surface area contributed by atoms with E-state index < -0.39 is 35.3 Å². The number of nitrogens with one attached hydrogen (secondary N) is 2. The second-order valence-electron chi connectivity index (χ2n) is 8.81. The molecule has 0 aliphatic carbocycles. The Bertz CT molecular complexity index is 1030. The van der Waals surface area contributed by atoms with Gasteiger partial charge in [-0.25, -0.2) is 19.3 Å². The van der Waals surface area contributed by atoms with Crippen LogP contribution in [0, 0.1) is 5.41 Å². The largest absolute Gasteiger partial charge is 0.478 e.